The molecule has 0 rings (SSSR count). The molecular formula is C4H10N2S. The third-order valence-corrected chi connectivity index (χ3v) is 0.766. The summed E-state index contributed by atoms with van der Waals surface area (Å²) < 4.78 is 3.84. The Balaban J connectivity index is 3.09. The van der Waals surface area contributed by atoms with Gasteiger partial charge in [-0.15, -0.1) is 11.6 Å². The first kappa shape index (κ1) is 6.82. The molecule has 42 valence electrons. The van der Waals surface area contributed by atoms with Crippen molar-refractivity contribution in [1.29, 1.82) is 0 Å². The van der Waals surface area contributed by atoms with E-state index in [4.69, 9.17) is 0 Å². The lowest BCUT2D eigenvalue weighted by molar-refractivity contribution is 1.14. The van der Waals surface area contributed by atoms with E-state index in [2.05, 4.69) is 9.36 Å². The Morgan fingerprint density at radius 1 is 1.71 bits per heavy atom. The van der Waals surface area contributed by atoms with Gasteiger partial charge in [0.2, 0.25) is 0 Å². The molecule has 0 aliphatic heterocycles. The topological polar surface area (TPSA) is 24.7 Å². The van der Waals surface area contributed by atoms with Gasteiger partial charge in [0.05, 0.1) is 0 Å². The lowest BCUT2D eigenvalue weighted by Crippen LogP contribution is -1.67. The molecule has 3 heteroatoms. The fraction of sp³-hybridized carbons (Fsp3) is 0.750. The Bertz CT molecular complexity index is 77.8. The van der Waals surface area contributed by atoms with E-state index in [-0.39, 0.29) is 0 Å². The van der Waals surface area contributed by atoms with Crippen LogP contribution in [0.3, 0.4) is 0 Å². The minimum absolute atomic E-state index is 0.832. The average Bonchev–Trinajstić information content (AvgIpc) is 1.69. The highest BCUT2D eigenvalue weighted by atomic mass is 32.1. The summed E-state index contributed by atoms with van der Waals surface area (Å²) in [6, 6.07) is 0. The van der Waals surface area contributed by atoms with Crippen molar-refractivity contribution in [2.45, 2.75) is 6.92 Å². The smallest absolute Gasteiger partial charge is 0.116 e. The van der Waals surface area contributed by atoms with Gasteiger partial charge in [-0.25, -0.2) is 4.36 Å². The van der Waals surface area contributed by atoms with E-state index < -0.39 is 0 Å². The van der Waals surface area contributed by atoms with Gasteiger partial charge in [0.15, 0.2) is 0 Å². The van der Waals surface area contributed by atoms with Crippen LogP contribution >= 0.6 is 0 Å². The molecule has 0 aromatic rings. The number of thiol groups is 1. The number of nitrogens with zero attached hydrogens (tertiary/aromatic N) is 2. The fourth-order valence-electron chi connectivity index (χ4n) is 0.170. The van der Waals surface area contributed by atoms with Gasteiger partial charge < -0.3 is 0 Å². The van der Waals surface area contributed by atoms with Crippen molar-refractivity contribution in [2.75, 3.05) is 12.8 Å². The molecule has 0 aliphatic rings. The van der Waals surface area contributed by atoms with Crippen LogP contribution in [0.15, 0.2) is 9.36 Å². The molecule has 0 aromatic heterocycles. The standard InChI is InChI=1S/C4H10N2S/c1-3-5-4-6-7-2/h4,7H,3H2,1-2H3/b5-4-. The van der Waals surface area contributed by atoms with Gasteiger partial charge in [0.1, 0.15) is 6.34 Å². The zero-order valence-corrected chi connectivity index (χ0v) is 5.52. The monoisotopic (exact) mass is 118 g/mol. The van der Waals surface area contributed by atoms with E-state index in [0.29, 0.717) is 0 Å². The van der Waals surface area contributed by atoms with E-state index in [1.807, 2.05) is 13.2 Å². The van der Waals surface area contributed by atoms with Crippen LogP contribution in [0.4, 0.5) is 0 Å². The Morgan fingerprint density at radius 2 is 2.43 bits per heavy atom. The first-order valence-corrected chi connectivity index (χ1v) is 3.48. The summed E-state index contributed by atoms with van der Waals surface area (Å²) in [6.07, 6.45) is 3.56. The molecule has 0 heterocycles. The molecule has 0 saturated heterocycles. The van der Waals surface area contributed by atoms with Crippen LogP contribution in [0.25, 0.3) is 0 Å². The molecule has 0 atom stereocenters. The van der Waals surface area contributed by atoms with E-state index in [1.54, 1.807) is 6.34 Å². The summed E-state index contributed by atoms with van der Waals surface area (Å²) >= 11 is 1.03. The maximum Gasteiger partial charge on any atom is 0.116 e. The normalized spacial score (nSPS) is 12.9. The molecule has 0 spiro atoms. The third kappa shape index (κ3) is 5.82. The van der Waals surface area contributed by atoms with E-state index in [1.165, 1.54) is 0 Å². The molecule has 0 unspecified atom stereocenters. The second-order valence-electron chi connectivity index (χ2n) is 0.930. The van der Waals surface area contributed by atoms with Gasteiger partial charge in [-0.05, 0) is 13.2 Å². The zero-order valence-electron chi connectivity index (χ0n) is 4.63. The molecule has 0 N–H and O–H groups in total. The quantitative estimate of drug-likeness (QED) is 0.313. The van der Waals surface area contributed by atoms with Crippen molar-refractivity contribution in [1.82, 2.24) is 0 Å². The summed E-state index contributed by atoms with van der Waals surface area (Å²) in [5.74, 6) is 0. The molecule has 0 radical (unpaired) electrons. The largest absolute Gasteiger partial charge is 0.273 e. The lowest BCUT2D eigenvalue weighted by atomic mass is 10.8. The molecule has 0 aliphatic carbocycles. The molecule has 0 amide bonds. The zero-order chi connectivity index (χ0) is 5.54. The summed E-state index contributed by atoms with van der Waals surface area (Å²) in [6.45, 7) is 2.82. The van der Waals surface area contributed by atoms with Crippen LogP contribution in [-0.4, -0.2) is 19.1 Å². The van der Waals surface area contributed by atoms with Crippen molar-refractivity contribution in [3.8, 4) is 0 Å². The first-order chi connectivity index (χ1) is 3.41. The Hall–Kier alpha value is -0.180. The summed E-state index contributed by atoms with van der Waals surface area (Å²) in [4.78, 5) is 3.86. The fourth-order valence-corrected chi connectivity index (χ4v) is 0.346. The van der Waals surface area contributed by atoms with Gasteiger partial charge in [-0.1, -0.05) is 0 Å². The van der Waals surface area contributed by atoms with Crippen LogP contribution in [-0.2, 0) is 11.6 Å². The predicted octanol–water partition coefficient (Wildman–Crippen LogP) is 0.663. The van der Waals surface area contributed by atoms with Crippen LogP contribution in [0.1, 0.15) is 6.92 Å². The van der Waals surface area contributed by atoms with Gasteiger partial charge in [-0.2, -0.15) is 0 Å². The highest BCUT2D eigenvalue weighted by Gasteiger charge is 1.57. The number of rotatable bonds is 2. The van der Waals surface area contributed by atoms with E-state index in [9.17, 15) is 0 Å². The van der Waals surface area contributed by atoms with Crippen LogP contribution in [0.5, 0.6) is 0 Å². The maximum absolute atomic E-state index is 3.86. The van der Waals surface area contributed by atoms with Crippen molar-refractivity contribution >= 4 is 17.9 Å². The molecule has 0 saturated carbocycles. The molecule has 2 nitrogen and oxygen atoms in total. The second kappa shape index (κ2) is 5.82. The van der Waals surface area contributed by atoms with Crippen molar-refractivity contribution in [3.63, 3.8) is 0 Å². The number of hydrogen-bond acceptors (Lipinski definition) is 1. The van der Waals surface area contributed by atoms with Gasteiger partial charge in [0, 0.05) is 6.54 Å². The number of aliphatic imine (C=N–C) groups is 1. The Labute approximate surface area is 47.8 Å². The van der Waals surface area contributed by atoms with Gasteiger partial charge in [0.25, 0.3) is 0 Å². The van der Waals surface area contributed by atoms with E-state index in [0.717, 1.165) is 18.1 Å². The van der Waals surface area contributed by atoms with Crippen molar-refractivity contribution in [3.05, 3.63) is 0 Å². The van der Waals surface area contributed by atoms with Crippen LogP contribution in [0, 0.1) is 0 Å². The minimum Gasteiger partial charge on any atom is -0.273 e. The van der Waals surface area contributed by atoms with Crippen LogP contribution in [0.2, 0.25) is 0 Å². The molecule has 0 aromatic carbocycles. The SMILES string of the molecule is CC/N=C\N=[SH]\C. The lowest BCUT2D eigenvalue weighted by Gasteiger charge is -1.72. The average molecular weight is 118 g/mol. The van der Waals surface area contributed by atoms with Crippen molar-refractivity contribution in [2.24, 2.45) is 9.36 Å². The molecular weight excluding hydrogens is 108 g/mol. The highest BCUT2D eigenvalue weighted by molar-refractivity contribution is 7.67. The highest BCUT2D eigenvalue weighted by Crippen LogP contribution is 1.63. The van der Waals surface area contributed by atoms with Crippen LogP contribution < -0.4 is 0 Å². The predicted molar refractivity (Wildman–Crippen MR) is 36.1 cm³/mol. The third-order valence-electron chi connectivity index (χ3n) is 0.431. The Kier molecular flexibility index (Phi) is 5.67. The van der Waals surface area contributed by atoms with E-state index >= 15 is 0 Å². The molecule has 0 bridgehead atoms. The summed E-state index contributed by atoms with van der Waals surface area (Å²) in [5.41, 5.74) is 0. The second-order valence-corrected chi connectivity index (χ2v) is 1.56. The minimum atomic E-state index is 0.832. The molecule has 0 fully saturated rings. The number of hydrogen-bond donors (Lipinski definition) is 1. The summed E-state index contributed by atoms with van der Waals surface area (Å²) in [5, 5.41) is 0. The summed E-state index contributed by atoms with van der Waals surface area (Å²) in [7, 11) is 0. The van der Waals surface area contributed by atoms with Gasteiger partial charge in [-0.3, -0.25) is 4.99 Å². The van der Waals surface area contributed by atoms with Gasteiger partial charge >= 0.3 is 0 Å². The first-order valence-electron chi connectivity index (χ1n) is 2.19. The molecule has 7 heavy (non-hydrogen) atoms. The van der Waals surface area contributed by atoms with Crippen molar-refractivity contribution < 1.29 is 0 Å². The maximum atomic E-state index is 3.86. The Morgan fingerprint density at radius 3 is 2.86 bits per heavy atom.